The first kappa shape index (κ1) is 12.6. The molecule has 3 rings (SSSR count). The van der Waals surface area contributed by atoms with E-state index in [9.17, 15) is 0 Å². The molecule has 0 aliphatic carbocycles. The van der Waals surface area contributed by atoms with Gasteiger partial charge in [-0.05, 0) is 31.3 Å². The van der Waals surface area contributed by atoms with Crippen LogP contribution >= 0.6 is 0 Å². The number of aromatic nitrogens is 2. The van der Waals surface area contributed by atoms with Gasteiger partial charge in [-0.15, -0.1) is 0 Å². The van der Waals surface area contributed by atoms with E-state index in [1.807, 2.05) is 43.4 Å². The van der Waals surface area contributed by atoms with Crippen molar-refractivity contribution in [3.05, 3.63) is 54.2 Å². The fourth-order valence-corrected chi connectivity index (χ4v) is 2.14. The minimum Gasteiger partial charge on any atom is -0.439 e. The number of nitrogens with two attached hydrogens (primary N) is 1. The van der Waals surface area contributed by atoms with Gasteiger partial charge in [0.1, 0.15) is 5.52 Å². The van der Waals surface area contributed by atoms with Crippen LogP contribution in [0.1, 0.15) is 11.6 Å². The number of nitrogens with zero attached hydrogens (tertiary/aromatic N) is 3. The topological polar surface area (TPSA) is 68.2 Å². The Morgan fingerprint density at radius 1 is 1.15 bits per heavy atom. The van der Waals surface area contributed by atoms with Crippen molar-refractivity contribution in [1.82, 2.24) is 14.9 Å². The molecule has 102 valence electrons. The van der Waals surface area contributed by atoms with Gasteiger partial charge in [0, 0.05) is 12.7 Å². The van der Waals surface area contributed by atoms with Crippen molar-refractivity contribution >= 4 is 16.8 Å². The predicted octanol–water partition coefficient (Wildman–Crippen LogP) is 2.44. The van der Waals surface area contributed by atoms with Crippen LogP contribution in [-0.2, 0) is 13.1 Å². The number of pyridine rings is 1. The Balaban J connectivity index is 1.74. The standard InChI is InChI=1S/C15H16N4O/c1-19(9-11-5-2-3-8-17-11)10-14-18-15-12(16)6-4-7-13(15)20-14/h2-8H,9-10,16H2,1H3. The van der Waals surface area contributed by atoms with Gasteiger partial charge in [0.15, 0.2) is 5.58 Å². The number of oxazole rings is 1. The highest BCUT2D eigenvalue weighted by molar-refractivity contribution is 5.85. The second-order valence-electron chi connectivity index (χ2n) is 4.79. The quantitative estimate of drug-likeness (QED) is 0.736. The molecule has 3 aromatic rings. The van der Waals surface area contributed by atoms with Crippen LogP contribution < -0.4 is 5.73 Å². The molecule has 2 aromatic heterocycles. The van der Waals surface area contributed by atoms with Crippen molar-refractivity contribution in [2.45, 2.75) is 13.1 Å². The molecule has 5 nitrogen and oxygen atoms in total. The molecule has 0 saturated carbocycles. The van der Waals surface area contributed by atoms with Gasteiger partial charge in [-0.2, -0.15) is 0 Å². The second kappa shape index (κ2) is 5.30. The molecule has 0 aliphatic rings. The number of fused-ring (bicyclic) bond motifs is 1. The van der Waals surface area contributed by atoms with Crippen molar-refractivity contribution < 1.29 is 4.42 Å². The first-order chi connectivity index (χ1) is 9.72. The summed E-state index contributed by atoms with van der Waals surface area (Å²) in [5.41, 5.74) is 9.00. The third-order valence-electron chi connectivity index (χ3n) is 3.06. The molecule has 2 heterocycles. The Bertz CT molecular complexity index is 708. The first-order valence-electron chi connectivity index (χ1n) is 6.45. The highest BCUT2D eigenvalue weighted by atomic mass is 16.3. The van der Waals surface area contributed by atoms with E-state index in [1.54, 1.807) is 6.20 Å². The Labute approximate surface area is 117 Å². The molecule has 2 N–H and O–H groups in total. The third-order valence-corrected chi connectivity index (χ3v) is 3.06. The fourth-order valence-electron chi connectivity index (χ4n) is 2.14. The van der Waals surface area contributed by atoms with Gasteiger partial charge in [-0.25, -0.2) is 4.98 Å². The lowest BCUT2D eigenvalue weighted by molar-refractivity contribution is 0.282. The van der Waals surface area contributed by atoms with Gasteiger partial charge in [0.2, 0.25) is 5.89 Å². The number of rotatable bonds is 4. The van der Waals surface area contributed by atoms with E-state index in [0.29, 0.717) is 18.1 Å². The molecule has 0 unspecified atom stereocenters. The normalized spacial score (nSPS) is 11.3. The Hall–Kier alpha value is -2.40. The maximum absolute atomic E-state index is 5.88. The van der Waals surface area contributed by atoms with Gasteiger partial charge in [-0.3, -0.25) is 9.88 Å². The van der Waals surface area contributed by atoms with Gasteiger partial charge in [-0.1, -0.05) is 12.1 Å². The Morgan fingerprint density at radius 3 is 2.80 bits per heavy atom. The van der Waals surface area contributed by atoms with Crippen molar-refractivity contribution in [3.63, 3.8) is 0 Å². The zero-order valence-corrected chi connectivity index (χ0v) is 11.3. The summed E-state index contributed by atoms with van der Waals surface area (Å²) in [6, 6.07) is 11.5. The average Bonchev–Trinajstić information content (AvgIpc) is 2.83. The summed E-state index contributed by atoms with van der Waals surface area (Å²) in [6.07, 6.45) is 1.79. The average molecular weight is 268 g/mol. The monoisotopic (exact) mass is 268 g/mol. The summed E-state index contributed by atoms with van der Waals surface area (Å²) in [5.74, 6) is 0.663. The lowest BCUT2D eigenvalue weighted by atomic mass is 10.3. The molecule has 0 fully saturated rings. The van der Waals surface area contributed by atoms with E-state index in [4.69, 9.17) is 10.2 Å². The first-order valence-corrected chi connectivity index (χ1v) is 6.45. The molecule has 0 amide bonds. The van der Waals surface area contributed by atoms with E-state index in [2.05, 4.69) is 14.9 Å². The predicted molar refractivity (Wildman–Crippen MR) is 77.8 cm³/mol. The molecule has 0 saturated heterocycles. The summed E-state index contributed by atoms with van der Waals surface area (Å²) >= 11 is 0. The van der Waals surface area contributed by atoms with Gasteiger partial charge in [0.05, 0.1) is 17.9 Å². The molecule has 0 aliphatic heterocycles. The Kier molecular flexibility index (Phi) is 3.35. The SMILES string of the molecule is CN(Cc1ccccn1)Cc1nc2c(N)cccc2o1. The number of hydrogen-bond acceptors (Lipinski definition) is 5. The highest BCUT2D eigenvalue weighted by Crippen LogP contribution is 2.21. The molecule has 20 heavy (non-hydrogen) atoms. The van der Waals surface area contributed by atoms with Crippen LogP contribution in [0.15, 0.2) is 47.0 Å². The molecular formula is C15H16N4O. The summed E-state index contributed by atoms with van der Waals surface area (Å²) in [6.45, 7) is 1.36. The van der Waals surface area contributed by atoms with Gasteiger partial charge >= 0.3 is 0 Å². The van der Waals surface area contributed by atoms with Crippen LogP contribution in [0.2, 0.25) is 0 Å². The zero-order chi connectivity index (χ0) is 13.9. The summed E-state index contributed by atoms with van der Waals surface area (Å²) in [7, 11) is 2.01. The van der Waals surface area contributed by atoms with Crippen LogP contribution in [0, 0.1) is 0 Å². The third kappa shape index (κ3) is 2.62. The molecule has 5 heteroatoms. The zero-order valence-electron chi connectivity index (χ0n) is 11.3. The lowest BCUT2D eigenvalue weighted by Gasteiger charge is -2.13. The van der Waals surface area contributed by atoms with E-state index < -0.39 is 0 Å². The van der Waals surface area contributed by atoms with Crippen LogP contribution in [-0.4, -0.2) is 21.9 Å². The maximum atomic E-state index is 5.88. The molecule has 0 bridgehead atoms. The van der Waals surface area contributed by atoms with Crippen LogP contribution in [0.25, 0.3) is 11.1 Å². The van der Waals surface area contributed by atoms with Gasteiger partial charge in [0.25, 0.3) is 0 Å². The number of benzene rings is 1. The van der Waals surface area contributed by atoms with Crippen molar-refractivity contribution in [3.8, 4) is 0 Å². The minimum absolute atomic E-state index is 0.616. The molecule has 1 aromatic carbocycles. The van der Waals surface area contributed by atoms with Crippen molar-refractivity contribution in [1.29, 1.82) is 0 Å². The molecule has 0 radical (unpaired) electrons. The van der Waals surface area contributed by atoms with Crippen LogP contribution in [0.5, 0.6) is 0 Å². The summed E-state index contributed by atoms with van der Waals surface area (Å²) in [4.78, 5) is 10.8. The number of nitrogen functional groups attached to an aromatic ring is 1. The van der Waals surface area contributed by atoms with E-state index >= 15 is 0 Å². The number of hydrogen-bond donors (Lipinski definition) is 1. The molecular weight excluding hydrogens is 252 g/mol. The smallest absolute Gasteiger partial charge is 0.209 e. The number of para-hydroxylation sites is 1. The van der Waals surface area contributed by atoms with Crippen molar-refractivity contribution in [2.24, 2.45) is 0 Å². The second-order valence-corrected chi connectivity index (χ2v) is 4.79. The van der Waals surface area contributed by atoms with Gasteiger partial charge < -0.3 is 10.2 Å². The van der Waals surface area contributed by atoms with Crippen LogP contribution in [0.3, 0.4) is 0 Å². The summed E-state index contributed by atoms with van der Waals surface area (Å²) < 4.78 is 5.70. The van der Waals surface area contributed by atoms with E-state index in [0.717, 1.165) is 23.3 Å². The molecule has 0 atom stereocenters. The van der Waals surface area contributed by atoms with Crippen molar-refractivity contribution in [2.75, 3.05) is 12.8 Å². The fraction of sp³-hybridized carbons (Fsp3) is 0.200. The molecule has 0 spiro atoms. The number of anilines is 1. The van der Waals surface area contributed by atoms with E-state index in [-0.39, 0.29) is 0 Å². The maximum Gasteiger partial charge on any atom is 0.209 e. The van der Waals surface area contributed by atoms with E-state index in [1.165, 1.54) is 0 Å². The lowest BCUT2D eigenvalue weighted by Crippen LogP contribution is -2.18. The summed E-state index contributed by atoms with van der Waals surface area (Å²) in [5, 5.41) is 0. The van der Waals surface area contributed by atoms with Crippen LogP contribution in [0.4, 0.5) is 5.69 Å². The minimum atomic E-state index is 0.616. The largest absolute Gasteiger partial charge is 0.439 e. The Morgan fingerprint density at radius 2 is 2.05 bits per heavy atom. The highest BCUT2D eigenvalue weighted by Gasteiger charge is 2.10.